The molecule has 210 valence electrons. The van der Waals surface area contributed by atoms with Gasteiger partial charge in [0.2, 0.25) is 12.7 Å². The molecule has 0 amide bonds. The van der Waals surface area contributed by atoms with Crippen LogP contribution in [0.2, 0.25) is 5.02 Å². The molecular weight excluding hydrogens is 629 g/mol. The van der Waals surface area contributed by atoms with E-state index in [0.717, 1.165) is 76.5 Å². The minimum atomic E-state index is -0.530. The molecule has 0 spiro atoms. The highest BCUT2D eigenvalue weighted by atomic mass is 127. The van der Waals surface area contributed by atoms with Crippen molar-refractivity contribution in [3.63, 3.8) is 0 Å². The summed E-state index contributed by atoms with van der Waals surface area (Å²) in [6.45, 7) is 11.3. The van der Waals surface area contributed by atoms with Crippen LogP contribution in [0, 0.1) is 8.99 Å². The molecule has 9 heteroatoms. The fraction of sp³-hybridized carbons (Fsp3) is 0.467. The van der Waals surface area contributed by atoms with E-state index < -0.39 is 5.41 Å². The molecule has 2 aromatic carbocycles. The van der Waals surface area contributed by atoms with Gasteiger partial charge in [0, 0.05) is 47.3 Å². The third-order valence-electron chi connectivity index (χ3n) is 7.25. The Hall–Kier alpha value is -2.30. The Morgan fingerprint density at radius 1 is 1.05 bits per heavy atom. The summed E-state index contributed by atoms with van der Waals surface area (Å²) in [6.07, 6.45) is 2.77. The Balaban J connectivity index is 1.17. The number of anilines is 1. The van der Waals surface area contributed by atoms with Crippen LogP contribution < -0.4 is 14.4 Å². The van der Waals surface area contributed by atoms with Crippen LogP contribution in [0.25, 0.3) is 10.9 Å². The quantitative estimate of drug-likeness (QED) is 0.0914. The Morgan fingerprint density at radius 3 is 2.59 bits per heavy atom. The summed E-state index contributed by atoms with van der Waals surface area (Å²) in [7, 11) is 0. The van der Waals surface area contributed by atoms with Crippen molar-refractivity contribution in [3.8, 4) is 11.6 Å². The number of fused-ring (bicyclic) bond motifs is 1. The number of pyridine rings is 1. The van der Waals surface area contributed by atoms with Crippen molar-refractivity contribution in [3.05, 3.63) is 57.1 Å². The van der Waals surface area contributed by atoms with E-state index in [1.807, 2.05) is 51.1 Å². The number of nitrogens with zero attached hydrogens (tertiary/aromatic N) is 3. The molecule has 2 heterocycles. The van der Waals surface area contributed by atoms with E-state index in [0.29, 0.717) is 18.9 Å². The first kappa shape index (κ1) is 29.7. The average molecular weight is 666 g/mol. The van der Waals surface area contributed by atoms with Crippen LogP contribution in [0.15, 0.2) is 48.5 Å². The molecule has 1 aromatic heterocycles. The van der Waals surface area contributed by atoms with E-state index in [9.17, 15) is 4.79 Å². The van der Waals surface area contributed by atoms with Gasteiger partial charge in [0.1, 0.15) is 5.75 Å². The van der Waals surface area contributed by atoms with E-state index in [4.69, 9.17) is 25.8 Å². The van der Waals surface area contributed by atoms with Gasteiger partial charge < -0.3 is 19.1 Å². The molecule has 1 saturated heterocycles. The van der Waals surface area contributed by atoms with Gasteiger partial charge in [-0.3, -0.25) is 9.69 Å². The number of benzene rings is 2. The van der Waals surface area contributed by atoms with Gasteiger partial charge in [-0.2, -0.15) is 0 Å². The van der Waals surface area contributed by atoms with Gasteiger partial charge in [0.25, 0.3) is 0 Å². The van der Waals surface area contributed by atoms with Crippen LogP contribution in [-0.4, -0.2) is 62.0 Å². The molecule has 0 aliphatic carbocycles. The molecule has 39 heavy (non-hydrogen) atoms. The Morgan fingerprint density at radius 2 is 1.82 bits per heavy atom. The molecule has 0 radical (unpaired) electrons. The number of piperazine rings is 1. The molecule has 1 fully saturated rings. The van der Waals surface area contributed by atoms with Gasteiger partial charge in [-0.15, -0.1) is 0 Å². The summed E-state index contributed by atoms with van der Waals surface area (Å²) in [5.41, 5.74) is 1.38. The number of rotatable bonds is 12. The highest BCUT2D eigenvalue weighted by Crippen LogP contribution is 2.31. The fourth-order valence-corrected chi connectivity index (χ4v) is 5.04. The van der Waals surface area contributed by atoms with Crippen LogP contribution >= 0.6 is 34.2 Å². The maximum Gasteiger partial charge on any atom is 0.314 e. The van der Waals surface area contributed by atoms with Crippen LogP contribution in [0.3, 0.4) is 0 Å². The third-order valence-corrected chi connectivity index (χ3v) is 8.87. The molecule has 0 bridgehead atoms. The molecule has 7 nitrogen and oxygen atoms in total. The summed E-state index contributed by atoms with van der Waals surface area (Å²) in [4.78, 5) is 21.6. The topological polar surface area (TPSA) is 64.1 Å². The number of esters is 1. The standard InChI is InChI=1S/C30H37ClIN3O4/c1-4-30(2,3)29(36)39-21-38-27-13-11-22-10-12-23(20-25(22)33-27)37-19-6-5-14-34-15-17-35(18-16-34)26-9-7-8-24(32)28(26)31/h7-13,20H,4-6,14-19,21H2,1-3H3. The maximum atomic E-state index is 12.1. The minimum Gasteiger partial charge on any atom is -0.494 e. The summed E-state index contributed by atoms with van der Waals surface area (Å²) < 4.78 is 17.9. The van der Waals surface area contributed by atoms with E-state index in [-0.39, 0.29) is 12.8 Å². The van der Waals surface area contributed by atoms with E-state index in [1.165, 1.54) is 0 Å². The van der Waals surface area contributed by atoms with Gasteiger partial charge >= 0.3 is 5.97 Å². The molecule has 1 aliphatic rings. The lowest BCUT2D eigenvalue weighted by Gasteiger charge is -2.36. The van der Waals surface area contributed by atoms with Crippen molar-refractivity contribution in [1.29, 1.82) is 0 Å². The second kappa shape index (κ2) is 13.9. The zero-order valence-corrected chi connectivity index (χ0v) is 25.8. The number of ether oxygens (including phenoxy) is 3. The average Bonchev–Trinajstić information content (AvgIpc) is 2.94. The molecular formula is C30H37ClIN3O4. The number of hydrogen-bond acceptors (Lipinski definition) is 7. The predicted octanol–water partition coefficient (Wildman–Crippen LogP) is 6.79. The predicted molar refractivity (Wildman–Crippen MR) is 165 cm³/mol. The van der Waals surface area contributed by atoms with Crippen molar-refractivity contribution >= 4 is 56.8 Å². The zero-order chi connectivity index (χ0) is 27.8. The first-order valence-corrected chi connectivity index (χ1v) is 15.0. The first-order chi connectivity index (χ1) is 18.8. The van der Waals surface area contributed by atoms with Crippen LogP contribution in [-0.2, 0) is 9.53 Å². The van der Waals surface area contributed by atoms with Crippen molar-refractivity contribution in [1.82, 2.24) is 9.88 Å². The minimum absolute atomic E-state index is 0.161. The third kappa shape index (κ3) is 8.11. The first-order valence-electron chi connectivity index (χ1n) is 13.5. The highest BCUT2D eigenvalue weighted by molar-refractivity contribution is 14.1. The smallest absolute Gasteiger partial charge is 0.314 e. The second-order valence-electron chi connectivity index (χ2n) is 10.4. The second-order valence-corrected chi connectivity index (χ2v) is 11.9. The summed E-state index contributed by atoms with van der Waals surface area (Å²) in [5.74, 6) is 0.910. The van der Waals surface area contributed by atoms with Gasteiger partial charge in [0.15, 0.2) is 0 Å². The SMILES string of the molecule is CCC(C)(C)C(=O)OCOc1ccc2ccc(OCCCCN3CCN(c4cccc(I)c4Cl)CC3)cc2n1. The molecule has 0 atom stereocenters. The van der Waals surface area contributed by atoms with Gasteiger partial charge in [-0.25, -0.2) is 4.98 Å². The highest BCUT2D eigenvalue weighted by Gasteiger charge is 2.27. The molecule has 0 saturated carbocycles. The molecule has 3 aromatic rings. The lowest BCUT2D eigenvalue weighted by atomic mass is 9.91. The zero-order valence-electron chi connectivity index (χ0n) is 22.9. The van der Waals surface area contributed by atoms with E-state index in [2.05, 4.69) is 49.5 Å². The Kier molecular flexibility index (Phi) is 10.5. The fourth-order valence-electron chi connectivity index (χ4n) is 4.31. The number of carbonyl (C=O) groups is 1. The van der Waals surface area contributed by atoms with Gasteiger partial charge in [0.05, 0.1) is 28.2 Å². The summed E-state index contributed by atoms with van der Waals surface area (Å²) in [5, 5.41) is 1.85. The number of carbonyl (C=O) groups excluding carboxylic acids is 1. The number of hydrogen-bond donors (Lipinski definition) is 0. The van der Waals surface area contributed by atoms with Gasteiger partial charge in [-0.1, -0.05) is 24.6 Å². The monoisotopic (exact) mass is 665 g/mol. The summed E-state index contributed by atoms with van der Waals surface area (Å²) >= 11 is 8.81. The number of unbranched alkanes of at least 4 members (excludes halogenated alkanes) is 1. The van der Waals surface area contributed by atoms with Crippen molar-refractivity contribution in [2.24, 2.45) is 5.41 Å². The van der Waals surface area contributed by atoms with Crippen LogP contribution in [0.1, 0.15) is 40.0 Å². The lowest BCUT2D eigenvalue weighted by molar-refractivity contribution is -0.161. The molecule has 0 N–H and O–H groups in total. The van der Waals surface area contributed by atoms with Crippen molar-refractivity contribution in [2.75, 3.05) is 51.0 Å². The Bertz CT molecular complexity index is 1260. The molecule has 4 rings (SSSR count). The maximum absolute atomic E-state index is 12.1. The lowest BCUT2D eigenvalue weighted by Crippen LogP contribution is -2.46. The van der Waals surface area contributed by atoms with Crippen LogP contribution in [0.4, 0.5) is 5.69 Å². The van der Waals surface area contributed by atoms with Crippen molar-refractivity contribution < 1.29 is 19.0 Å². The molecule has 1 aliphatic heterocycles. The Labute approximate surface area is 249 Å². The van der Waals surface area contributed by atoms with Crippen LogP contribution in [0.5, 0.6) is 11.6 Å². The number of aromatic nitrogens is 1. The largest absolute Gasteiger partial charge is 0.494 e. The van der Waals surface area contributed by atoms with E-state index in [1.54, 1.807) is 6.07 Å². The van der Waals surface area contributed by atoms with Gasteiger partial charge in [-0.05, 0) is 92.6 Å². The molecule has 0 unspecified atom stereocenters. The normalized spacial score (nSPS) is 14.4. The summed E-state index contributed by atoms with van der Waals surface area (Å²) in [6, 6.07) is 15.8. The number of halogens is 2. The van der Waals surface area contributed by atoms with E-state index >= 15 is 0 Å². The van der Waals surface area contributed by atoms with Crippen molar-refractivity contribution in [2.45, 2.75) is 40.0 Å².